The average molecular weight is 366 g/mol. The second-order valence-corrected chi connectivity index (χ2v) is 7.20. The summed E-state index contributed by atoms with van der Waals surface area (Å²) in [6.07, 6.45) is 3.94. The van der Waals surface area contributed by atoms with Crippen LogP contribution in [0.4, 0.5) is 0 Å². The third-order valence-electron chi connectivity index (χ3n) is 5.10. The minimum atomic E-state index is -0.443. The quantitative estimate of drug-likeness (QED) is 0.744. The van der Waals surface area contributed by atoms with Crippen LogP contribution < -0.4 is 11.1 Å². The Hall–Kier alpha value is -2.73. The molecule has 3 rings (SSSR count). The van der Waals surface area contributed by atoms with Gasteiger partial charge in [-0.25, -0.2) is 0 Å². The number of carbonyl (C=O) groups excluding carboxylic acids is 2. The molecule has 0 aliphatic heterocycles. The van der Waals surface area contributed by atoms with E-state index in [-0.39, 0.29) is 24.4 Å². The smallest absolute Gasteiger partial charge is 0.240 e. The van der Waals surface area contributed by atoms with Crippen molar-refractivity contribution in [3.63, 3.8) is 0 Å². The summed E-state index contributed by atoms with van der Waals surface area (Å²) in [4.78, 5) is 31.0. The molecule has 1 aliphatic carbocycles. The number of pyridine rings is 1. The van der Waals surface area contributed by atoms with Gasteiger partial charge in [0.05, 0.1) is 18.0 Å². The van der Waals surface area contributed by atoms with Crippen LogP contribution in [0.25, 0.3) is 0 Å². The van der Waals surface area contributed by atoms with Gasteiger partial charge in [0.2, 0.25) is 11.8 Å². The van der Waals surface area contributed by atoms with Gasteiger partial charge < -0.3 is 16.0 Å². The van der Waals surface area contributed by atoms with Crippen LogP contribution in [0.5, 0.6) is 0 Å². The third kappa shape index (κ3) is 4.71. The third-order valence-corrected chi connectivity index (χ3v) is 5.10. The lowest BCUT2D eigenvalue weighted by atomic mass is 10.0. The fourth-order valence-corrected chi connectivity index (χ4v) is 3.25. The molecular formula is C21H26N4O2. The van der Waals surface area contributed by atoms with Gasteiger partial charge in [0.15, 0.2) is 0 Å². The highest BCUT2D eigenvalue weighted by molar-refractivity contribution is 5.89. The summed E-state index contributed by atoms with van der Waals surface area (Å²) in [6, 6.07) is 15.3. The van der Waals surface area contributed by atoms with E-state index < -0.39 is 5.41 Å². The van der Waals surface area contributed by atoms with Crippen LogP contribution in [0.1, 0.15) is 30.1 Å². The molecule has 2 aromatic rings. The second-order valence-electron chi connectivity index (χ2n) is 7.20. The van der Waals surface area contributed by atoms with Crippen molar-refractivity contribution in [1.82, 2.24) is 15.2 Å². The monoisotopic (exact) mass is 366 g/mol. The maximum absolute atomic E-state index is 12.6. The van der Waals surface area contributed by atoms with Crippen molar-refractivity contribution in [3.05, 3.63) is 66.0 Å². The average Bonchev–Trinajstić information content (AvgIpc) is 3.49. The van der Waals surface area contributed by atoms with E-state index in [4.69, 9.17) is 5.73 Å². The van der Waals surface area contributed by atoms with E-state index in [0.717, 1.165) is 24.1 Å². The Morgan fingerprint density at radius 2 is 1.89 bits per heavy atom. The topological polar surface area (TPSA) is 88.3 Å². The molecule has 1 unspecified atom stereocenters. The Morgan fingerprint density at radius 1 is 1.19 bits per heavy atom. The van der Waals surface area contributed by atoms with E-state index >= 15 is 0 Å². The maximum Gasteiger partial charge on any atom is 0.240 e. The number of amides is 2. The van der Waals surface area contributed by atoms with Crippen molar-refractivity contribution in [2.24, 2.45) is 11.1 Å². The summed E-state index contributed by atoms with van der Waals surface area (Å²) in [6.45, 7) is 0.357. The number of hydrogen-bond acceptors (Lipinski definition) is 4. The van der Waals surface area contributed by atoms with Gasteiger partial charge in [-0.15, -0.1) is 0 Å². The summed E-state index contributed by atoms with van der Waals surface area (Å²) in [5.41, 5.74) is 7.19. The van der Waals surface area contributed by atoms with Gasteiger partial charge in [0.1, 0.15) is 0 Å². The first kappa shape index (κ1) is 19.0. The highest BCUT2D eigenvalue weighted by Gasteiger charge is 2.50. The fourth-order valence-electron chi connectivity index (χ4n) is 3.25. The second kappa shape index (κ2) is 8.31. The molecule has 1 saturated carbocycles. The zero-order valence-corrected chi connectivity index (χ0v) is 15.6. The van der Waals surface area contributed by atoms with Crippen molar-refractivity contribution in [3.8, 4) is 0 Å². The molecule has 0 bridgehead atoms. The lowest BCUT2D eigenvalue weighted by Crippen LogP contribution is -2.44. The predicted octanol–water partition coefficient (Wildman–Crippen LogP) is 1.68. The summed E-state index contributed by atoms with van der Waals surface area (Å²) in [5.74, 6) is -0.232. The Bertz CT molecular complexity index is 775. The number of rotatable bonds is 8. The molecule has 6 nitrogen and oxygen atoms in total. The van der Waals surface area contributed by atoms with E-state index in [1.165, 1.54) is 4.90 Å². The normalized spacial score (nSPS) is 15.6. The maximum atomic E-state index is 12.6. The van der Waals surface area contributed by atoms with E-state index in [1.54, 1.807) is 13.2 Å². The van der Waals surface area contributed by atoms with Crippen molar-refractivity contribution >= 4 is 11.8 Å². The van der Waals surface area contributed by atoms with Gasteiger partial charge in [-0.2, -0.15) is 0 Å². The molecule has 1 aromatic carbocycles. The Balaban J connectivity index is 1.66. The summed E-state index contributed by atoms with van der Waals surface area (Å²) in [5, 5.41) is 3.05. The van der Waals surface area contributed by atoms with Crippen LogP contribution in [0.2, 0.25) is 0 Å². The zero-order valence-electron chi connectivity index (χ0n) is 15.6. The first-order chi connectivity index (χ1) is 13.0. The molecule has 27 heavy (non-hydrogen) atoms. The number of nitrogens with one attached hydrogen (secondary N) is 1. The van der Waals surface area contributed by atoms with Crippen molar-refractivity contribution in [1.29, 1.82) is 0 Å². The van der Waals surface area contributed by atoms with Crippen LogP contribution in [0.3, 0.4) is 0 Å². The molecule has 3 N–H and O–H groups in total. The molecular weight excluding hydrogens is 340 g/mol. The van der Waals surface area contributed by atoms with Gasteiger partial charge in [-0.1, -0.05) is 36.4 Å². The number of likely N-dealkylation sites (N-methyl/N-ethyl adjacent to an activating group) is 1. The molecule has 1 fully saturated rings. The highest BCUT2D eigenvalue weighted by Crippen LogP contribution is 2.45. The molecule has 1 heterocycles. The Kier molecular flexibility index (Phi) is 5.86. The van der Waals surface area contributed by atoms with E-state index in [9.17, 15) is 9.59 Å². The number of hydrogen-bond donors (Lipinski definition) is 2. The van der Waals surface area contributed by atoms with E-state index in [0.29, 0.717) is 13.0 Å². The van der Waals surface area contributed by atoms with Crippen LogP contribution >= 0.6 is 0 Å². The van der Waals surface area contributed by atoms with E-state index in [2.05, 4.69) is 10.3 Å². The van der Waals surface area contributed by atoms with Gasteiger partial charge in [-0.05, 0) is 30.5 Å². The van der Waals surface area contributed by atoms with Crippen LogP contribution in [-0.2, 0) is 16.0 Å². The van der Waals surface area contributed by atoms with Gasteiger partial charge in [0.25, 0.3) is 0 Å². The predicted molar refractivity (Wildman–Crippen MR) is 104 cm³/mol. The van der Waals surface area contributed by atoms with Gasteiger partial charge in [-0.3, -0.25) is 14.6 Å². The summed E-state index contributed by atoms with van der Waals surface area (Å²) in [7, 11) is 1.66. The first-order valence-electron chi connectivity index (χ1n) is 9.24. The number of benzene rings is 1. The lowest BCUT2D eigenvalue weighted by Gasteiger charge is -2.24. The van der Waals surface area contributed by atoms with Gasteiger partial charge >= 0.3 is 0 Å². The Morgan fingerprint density at radius 3 is 2.48 bits per heavy atom. The minimum absolute atomic E-state index is 0.0200. The Labute approximate surface area is 159 Å². The minimum Gasteiger partial charge on any atom is -0.347 e. The molecule has 0 spiro atoms. The lowest BCUT2D eigenvalue weighted by molar-refractivity contribution is -0.139. The standard InChI is InChI=1S/C21H26N4O2/c1-25(20(27)21(15-22)10-11-21)14-19(26)24-18(16-7-3-2-4-8-16)13-17-9-5-6-12-23-17/h2-9,12,18H,10-11,13-15,22H2,1H3,(H,24,26). The number of carbonyl (C=O) groups is 2. The molecule has 1 aliphatic rings. The number of nitrogens with two attached hydrogens (primary N) is 1. The summed E-state index contributed by atoms with van der Waals surface area (Å²) >= 11 is 0. The fraction of sp³-hybridized carbons (Fsp3) is 0.381. The molecule has 0 saturated heterocycles. The van der Waals surface area contributed by atoms with Crippen molar-refractivity contribution in [2.45, 2.75) is 25.3 Å². The van der Waals surface area contributed by atoms with E-state index in [1.807, 2.05) is 48.5 Å². The van der Waals surface area contributed by atoms with Gasteiger partial charge in [0, 0.05) is 31.9 Å². The van der Waals surface area contributed by atoms with Crippen LogP contribution in [0.15, 0.2) is 54.7 Å². The zero-order chi connectivity index (χ0) is 19.3. The first-order valence-corrected chi connectivity index (χ1v) is 9.24. The largest absolute Gasteiger partial charge is 0.347 e. The number of nitrogens with zero attached hydrogens (tertiary/aromatic N) is 2. The summed E-state index contributed by atoms with van der Waals surface area (Å²) < 4.78 is 0. The SMILES string of the molecule is CN(CC(=O)NC(Cc1ccccn1)c1ccccc1)C(=O)C1(CN)CC1. The highest BCUT2D eigenvalue weighted by atomic mass is 16.2. The molecule has 142 valence electrons. The van der Waals surface area contributed by atoms with Crippen LogP contribution in [-0.4, -0.2) is 41.8 Å². The van der Waals surface area contributed by atoms with Crippen molar-refractivity contribution in [2.75, 3.05) is 20.1 Å². The molecule has 2 amide bonds. The molecule has 1 aromatic heterocycles. The number of aromatic nitrogens is 1. The molecule has 0 radical (unpaired) electrons. The van der Waals surface area contributed by atoms with Crippen LogP contribution in [0, 0.1) is 5.41 Å². The molecule has 1 atom stereocenters. The molecule has 6 heteroatoms. The van der Waals surface area contributed by atoms with Crippen molar-refractivity contribution < 1.29 is 9.59 Å².